The molecule has 1 rings (SSSR count). The molecule has 0 aromatic rings. The van der Waals surface area contributed by atoms with Gasteiger partial charge < -0.3 is 4.74 Å². The van der Waals surface area contributed by atoms with E-state index in [4.69, 9.17) is 4.74 Å². The number of aliphatic imine (C=N–C) groups is 1. The van der Waals surface area contributed by atoms with E-state index in [0.717, 1.165) is 25.7 Å². The second-order valence-electron chi connectivity index (χ2n) is 3.84. The molecular weight excluding hydrogens is 210 g/mol. The average Bonchev–Trinajstić information content (AvgIpc) is 2.30. The monoisotopic (exact) mass is 229 g/mol. The lowest BCUT2D eigenvalue weighted by Crippen LogP contribution is -2.25. The van der Waals surface area contributed by atoms with Crippen LogP contribution in [-0.2, 0) is 9.53 Å². The molecule has 0 bridgehead atoms. The topological polar surface area (TPSA) is 38.7 Å². The molecular formula is C11H19NO2S. The number of methoxy groups -OCH3 is 1. The number of ether oxygens (including phenoxy) is 1. The molecule has 0 aromatic heterocycles. The molecule has 1 saturated carbocycles. The van der Waals surface area contributed by atoms with E-state index in [2.05, 4.69) is 11.2 Å². The van der Waals surface area contributed by atoms with Gasteiger partial charge in [0.1, 0.15) is 0 Å². The highest BCUT2D eigenvalue weighted by Gasteiger charge is 2.28. The van der Waals surface area contributed by atoms with E-state index in [1.165, 1.54) is 12.2 Å². The summed E-state index contributed by atoms with van der Waals surface area (Å²) in [5.74, 6) is 0.629. The van der Waals surface area contributed by atoms with Crippen LogP contribution in [0, 0.1) is 11.8 Å². The largest absolute Gasteiger partial charge is 0.469 e. The fourth-order valence-corrected chi connectivity index (χ4v) is 2.93. The minimum atomic E-state index is -0.0485. The van der Waals surface area contributed by atoms with Crippen LogP contribution in [0.1, 0.15) is 25.7 Å². The van der Waals surface area contributed by atoms with Gasteiger partial charge in [-0.05, 0) is 31.9 Å². The lowest BCUT2D eigenvalue weighted by atomic mass is 9.82. The second kappa shape index (κ2) is 6.16. The molecule has 1 aliphatic carbocycles. The average molecular weight is 229 g/mol. The van der Waals surface area contributed by atoms with Gasteiger partial charge in [0.15, 0.2) is 0 Å². The van der Waals surface area contributed by atoms with Gasteiger partial charge in [0.25, 0.3) is 0 Å². The predicted octanol–water partition coefficient (Wildman–Crippen LogP) is 2.36. The summed E-state index contributed by atoms with van der Waals surface area (Å²) >= 11 is 1.73. The lowest BCUT2D eigenvalue weighted by molar-refractivity contribution is -0.146. The molecule has 0 aliphatic heterocycles. The van der Waals surface area contributed by atoms with Crippen LogP contribution in [0.4, 0.5) is 0 Å². The van der Waals surface area contributed by atoms with Crippen molar-refractivity contribution in [2.24, 2.45) is 16.8 Å². The highest BCUT2D eigenvalue weighted by Crippen LogP contribution is 2.32. The van der Waals surface area contributed by atoms with Gasteiger partial charge in [-0.3, -0.25) is 9.79 Å². The Labute approximate surface area is 95.7 Å². The molecule has 86 valence electrons. The zero-order valence-electron chi connectivity index (χ0n) is 9.66. The first kappa shape index (κ1) is 12.6. The second-order valence-corrected chi connectivity index (χ2v) is 4.66. The molecule has 1 aliphatic rings. The minimum absolute atomic E-state index is 0.0485. The summed E-state index contributed by atoms with van der Waals surface area (Å²) in [4.78, 5) is 15.6. The molecule has 0 aromatic carbocycles. The van der Waals surface area contributed by atoms with E-state index in [1.807, 2.05) is 7.05 Å². The number of esters is 1. The maximum atomic E-state index is 11.3. The standard InChI is InChI=1S/C11H19NO2S/c1-12-10(15-3)8-4-6-9(7-5-8)11(13)14-2/h8-9H,4-7H2,1-3H3. The van der Waals surface area contributed by atoms with Crippen molar-refractivity contribution in [3.8, 4) is 0 Å². The van der Waals surface area contributed by atoms with E-state index < -0.39 is 0 Å². The molecule has 0 atom stereocenters. The van der Waals surface area contributed by atoms with Crippen molar-refractivity contribution in [3.05, 3.63) is 0 Å². The van der Waals surface area contributed by atoms with Crippen LogP contribution < -0.4 is 0 Å². The van der Waals surface area contributed by atoms with E-state index >= 15 is 0 Å². The van der Waals surface area contributed by atoms with Gasteiger partial charge in [-0.2, -0.15) is 0 Å². The van der Waals surface area contributed by atoms with Gasteiger partial charge in [0.05, 0.1) is 18.1 Å². The summed E-state index contributed by atoms with van der Waals surface area (Å²) in [6.45, 7) is 0. The maximum absolute atomic E-state index is 11.3. The first-order valence-corrected chi connectivity index (χ1v) is 6.53. The summed E-state index contributed by atoms with van der Waals surface area (Å²) in [6, 6.07) is 0. The zero-order valence-corrected chi connectivity index (χ0v) is 10.5. The van der Waals surface area contributed by atoms with E-state index in [9.17, 15) is 4.79 Å². The van der Waals surface area contributed by atoms with Crippen LogP contribution in [0.25, 0.3) is 0 Å². The number of rotatable bonds is 2. The highest BCUT2D eigenvalue weighted by molar-refractivity contribution is 8.13. The lowest BCUT2D eigenvalue weighted by Gasteiger charge is -2.27. The zero-order chi connectivity index (χ0) is 11.3. The summed E-state index contributed by atoms with van der Waals surface area (Å²) in [5, 5.41) is 1.22. The van der Waals surface area contributed by atoms with Gasteiger partial charge in [-0.15, -0.1) is 11.8 Å². The Kier molecular flexibility index (Phi) is 5.15. The van der Waals surface area contributed by atoms with Crippen LogP contribution in [0.2, 0.25) is 0 Å². The molecule has 0 amide bonds. The van der Waals surface area contributed by atoms with Crippen molar-refractivity contribution in [3.63, 3.8) is 0 Å². The van der Waals surface area contributed by atoms with Crippen molar-refractivity contribution < 1.29 is 9.53 Å². The maximum Gasteiger partial charge on any atom is 0.308 e. The predicted molar refractivity (Wildman–Crippen MR) is 64.3 cm³/mol. The third kappa shape index (κ3) is 3.23. The third-order valence-corrected chi connectivity index (χ3v) is 3.97. The first-order chi connectivity index (χ1) is 7.22. The number of carbonyl (C=O) groups excluding carboxylic acids is 1. The number of thioether (sulfide) groups is 1. The number of hydrogen-bond acceptors (Lipinski definition) is 4. The minimum Gasteiger partial charge on any atom is -0.469 e. The van der Waals surface area contributed by atoms with Crippen LogP contribution in [0.5, 0.6) is 0 Å². The Balaban J connectivity index is 2.45. The van der Waals surface area contributed by atoms with Crippen molar-refractivity contribution in [2.75, 3.05) is 20.4 Å². The van der Waals surface area contributed by atoms with Gasteiger partial charge in [0.2, 0.25) is 0 Å². The van der Waals surface area contributed by atoms with Crippen LogP contribution in [0.15, 0.2) is 4.99 Å². The van der Waals surface area contributed by atoms with Gasteiger partial charge in [0, 0.05) is 13.0 Å². The number of carbonyl (C=O) groups is 1. The Hall–Kier alpha value is -0.510. The Morgan fingerprint density at radius 1 is 1.27 bits per heavy atom. The fraction of sp³-hybridized carbons (Fsp3) is 0.818. The fourth-order valence-electron chi connectivity index (χ4n) is 2.18. The molecule has 15 heavy (non-hydrogen) atoms. The summed E-state index contributed by atoms with van der Waals surface area (Å²) in [7, 11) is 3.31. The van der Waals surface area contributed by atoms with E-state index in [0.29, 0.717) is 5.92 Å². The summed E-state index contributed by atoms with van der Waals surface area (Å²) in [6.07, 6.45) is 6.07. The number of hydrogen-bond donors (Lipinski definition) is 0. The van der Waals surface area contributed by atoms with Gasteiger partial charge >= 0.3 is 5.97 Å². The molecule has 0 spiro atoms. The SMILES string of the molecule is CN=C(SC)C1CCC(C(=O)OC)CC1. The Morgan fingerprint density at radius 3 is 2.20 bits per heavy atom. The molecule has 0 saturated heterocycles. The van der Waals surface area contributed by atoms with Crippen LogP contribution in [0.3, 0.4) is 0 Å². The van der Waals surface area contributed by atoms with Crippen molar-refractivity contribution in [1.29, 1.82) is 0 Å². The van der Waals surface area contributed by atoms with E-state index in [1.54, 1.807) is 11.8 Å². The van der Waals surface area contributed by atoms with Crippen molar-refractivity contribution >= 4 is 22.8 Å². The first-order valence-electron chi connectivity index (χ1n) is 5.31. The third-order valence-electron chi connectivity index (χ3n) is 3.04. The molecule has 1 fully saturated rings. The summed E-state index contributed by atoms with van der Waals surface area (Å²) in [5.41, 5.74) is 0. The smallest absolute Gasteiger partial charge is 0.308 e. The Bertz CT molecular complexity index is 245. The van der Waals surface area contributed by atoms with Crippen molar-refractivity contribution in [2.45, 2.75) is 25.7 Å². The normalized spacial score (nSPS) is 27.5. The highest BCUT2D eigenvalue weighted by atomic mass is 32.2. The molecule has 0 heterocycles. The molecule has 4 heteroatoms. The summed E-state index contributed by atoms with van der Waals surface area (Å²) < 4.78 is 4.76. The molecule has 0 unspecified atom stereocenters. The van der Waals surface area contributed by atoms with Gasteiger partial charge in [-0.1, -0.05) is 0 Å². The Morgan fingerprint density at radius 2 is 1.80 bits per heavy atom. The van der Waals surface area contributed by atoms with Crippen LogP contribution in [-0.4, -0.2) is 31.4 Å². The van der Waals surface area contributed by atoms with E-state index in [-0.39, 0.29) is 11.9 Å². The molecule has 0 radical (unpaired) electrons. The molecule has 3 nitrogen and oxygen atoms in total. The number of nitrogens with zero attached hydrogens (tertiary/aromatic N) is 1. The van der Waals surface area contributed by atoms with Gasteiger partial charge in [-0.25, -0.2) is 0 Å². The quantitative estimate of drug-likeness (QED) is 0.414. The van der Waals surface area contributed by atoms with Crippen molar-refractivity contribution in [1.82, 2.24) is 0 Å². The molecule has 0 N–H and O–H groups in total. The van der Waals surface area contributed by atoms with Crippen LogP contribution >= 0.6 is 11.8 Å².